The van der Waals surface area contributed by atoms with E-state index in [1.165, 1.54) is 5.56 Å². The van der Waals surface area contributed by atoms with Gasteiger partial charge in [-0.3, -0.25) is 0 Å². The van der Waals surface area contributed by atoms with Gasteiger partial charge in [-0.1, -0.05) is 32.0 Å². The summed E-state index contributed by atoms with van der Waals surface area (Å²) in [4.78, 5) is 0. The van der Waals surface area contributed by atoms with E-state index in [2.05, 4.69) is 41.9 Å². The lowest BCUT2D eigenvalue weighted by Gasteiger charge is -2.12. The predicted octanol–water partition coefficient (Wildman–Crippen LogP) is 5.81. The molecular formula is C18H21BrO2. The summed E-state index contributed by atoms with van der Waals surface area (Å²) >= 11 is 3.49. The van der Waals surface area contributed by atoms with Crippen LogP contribution in [0.4, 0.5) is 0 Å². The molecule has 0 radical (unpaired) electrons. The lowest BCUT2D eigenvalue weighted by Crippen LogP contribution is -1.93. The first-order valence-electron chi connectivity index (χ1n) is 7.26. The van der Waals surface area contributed by atoms with Gasteiger partial charge in [-0.2, -0.15) is 0 Å². The second-order valence-corrected chi connectivity index (χ2v) is 6.20. The average molecular weight is 349 g/mol. The predicted molar refractivity (Wildman–Crippen MR) is 90.0 cm³/mol. The second-order valence-electron chi connectivity index (χ2n) is 5.35. The van der Waals surface area contributed by atoms with Crippen LogP contribution < -0.4 is 4.74 Å². The van der Waals surface area contributed by atoms with Crippen LogP contribution in [0, 0.1) is 0 Å². The van der Waals surface area contributed by atoms with E-state index in [9.17, 15) is 5.11 Å². The minimum atomic E-state index is -0.481. The number of aliphatic hydroxyl groups is 1. The fourth-order valence-electron chi connectivity index (χ4n) is 2.09. The third-order valence-electron chi connectivity index (χ3n) is 3.73. The van der Waals surface area contributed by atoms with Crippen LogP contribution in [0.3, 0.4) is 0 Å². The molecule has 0 fully saturated rings. The van der Waals surface area contributed by atoms with E-state index in [0.717, 1.165) is 28.0 Å². The highest BCUT2D eigenvalue weighted by Crippen LogP contribution is 2.32. The molecule has 0 aliphatic rings. The normalized spacial score (nSPS) is 13.8. The summed E-state index contributed by atoms with van der Waals surface area (Å²) in [7, 11) is 0. The Balaban J connectivity index is 2.15. The Kier molecular flexibility index (Phi) is 5.43. The van der Waals surface area contributed by atoms with Crippen molar-refractivity contribution < 1.29 is 9.84 Å². The molecule has 0 heterocycles. The van der Waals surface area contributed by atoms with Gasteiger partial charge >= 0.3 is 0 Å². The summed E-state index contributed by atoms with van der Waals surface area (Å²) < 4.78 is 6.72. The summed E-state index contributed by atoms with van der Waals surface area (Å²) in [5, 5.41) is 9.57. The molecule has 2 nitrogen and oxygen atoms in total. The fourth-order valence-corrected chi connectivity index (χ4v) is 2.56. The smallest absolute Gasteiger partial charge is 0.141 e. The summed E-state index contributed by atoms with van der Waals surface area (Å²) in [6.45, 7) is 6.16. The molecule has 0 aliphatic carbocycles. The zero-order chi connectivity index (χ0) is 15.4. The average Bonchev–Trinajstić information content (AvgIpc) is 2.49. The first-order valence-corrected chi connectivity index (χ1v) is 8.06. The van der Waals surface area contributed by atoms with Crippen molar-refractivity contribution in [2.24, 2.45) is 0 Å². The molecule has 0 bridgehead atoms. The van der Waals surface area contributed by atoms with E-state index in [1.807, 2.05) is 30.3 Å². The van der Waals surface area contributed by atoms with Crippen LogP contribution in [-0.4, -0.2) is 5.11 Å². The molecule has 2 aromatic carbocycles. The van der Waals surface area contributed by atoms with Gasteiger partial charge in [0.1, 0.15) is 11.5 Å². The SMILES string of the molecule is CCC(C)c1ccc(Oc2ccc([C@H](C)O)cc2Br)cc1. The van der Waals surface area contributed by atoms with Gasteiger partial charge in [0.25, 0.3) is 0 Å². The van der Waals surface area contributed by atoms with Gasteiger partial charge in [0.15, 0.2) is 0 Å². The van der Waals surface area contributed by atoms with E-state index in [-0.39, 0.29) is 0 Å². The minimum Gasteiger partial charge on any atom is -0.456 e. The van der Waals surface area contributed by atoms with Crippen LogP contribution in [0.15, 0.2) is 46.9 Å². The zero-order valence-electron chi connectivity index (χ0n) is 12.6. The van der Waals surface area contributed by atoms with Crippen molar-refractivity contribution in [1.29, 1.82) is 0 Å². The molecule has 0 saturated carbocycles. The van der Waals surface area contributed by atoms with E-state index >= 15 is 0 Å². The molecule has 1 N–H and O–H groups in total. The van der Waals surface area contributed by atoms with Gasteiger partial charge < -0.3 is 9.84 Å². The highest BCUT2D eigenvalue weighted by molar-refractivity contribution is 9.10. The van der Waals surface area contributed by atoms with E-state index in [4.69, 9.17) is 4.74 Å². The molecule has 0 aliphatic heterocycles. The highest BCUT2D eigenvalue weighted by Gasteiger charge is 2.08. The maximum Gasteiger partial charge on any atom is 0.141 e. The van der Waals surface area contributed by atoms with Crippen molar-refractivity contribution in [3.05, 3.63) is 58.1 Å². The number of hydrogen-bond donors (Lipinski definition) is 1. The molecular weight excluding hydrogens is 328 g/mol. The molecule has 2 rings (SSSR count). The van der Waals surface area contributed by atoms with Crippen LogP contribution in [0.5, 0.6) is 11.5 Å². The number of ether oxygens (including phenoxy) is 1. The molecule has 21 heavy (non-hydrogen) atoms. The zero-order valence-corrected chi connectivity index (χ0v) is 14.2. The van der Waals surface area contributed by atoms with Crippen LogP contribution in [-0.2, 0) is 0 Å². The molecule has 112 valence electrons. The van der Waals surface area contributed by atoms with Gasteiger partial charge in [-0.25, -0.2) is 0 Å². The van der Waals surface area contributed by atoms with Crippen molar-refractivity contribution in [2.45, 2.75) is 39.2 Å². The number of benzene rings is 2. The van der Waals surface area contributed by atoms with Gasteiger partial charge in [0, 0.05) is 0 Å². The van der Waals surface area contributed by atoms with Crippen LogP contribution in [0.1, 0.15) is 50.3 Å². The summed E-state index contributed by atoms with van der Waals surface area (Å²) in [5.41, 5.74) is 2.19. The lowest BCUT2D eigenvalue weighted by molar-refractivity contribution is 0.199. The largest absolute Gasteiger partial charge is 0.456 e. The molecule has 0 aromatic heterocycles. The second kappa shape index (κ2) is 7.10. The summed E-state index contributed by atoms with van der Waals surface area (Å²) in [6, 6.07) is 13.8. The summed E-state index contributed by atoms with van der Waals surface area (Å²) in [5.74, 6) is 2.12. The Hall–Kier alpha value is -1.32. The van der Waals surface area contributed by atoms with Gasteiger partial charge in [0.2, 0.25) is 0 Å². The van der Waals surface area contributed by atoms with Crippen molar-refractivity contribution in [1.82, 2.24) is 0 Å². The fraction of sp³-hybridized carbons (Fsp3) is 0.333. The van der Waals surface area contributed by atoms with Crippen molar-refractivity contribution in [3.8, 4) is 11.5 Å². The topological polar surface area (TPSA) is 29.5 Å². The standard InChI is InChI=1S/C18H21BrO2/c1-4-12(2)14-5-8-16(9-6-14)21-18-10-7-15(13(3)20)11-17(18)19/h5-13,20H,4H2,1-3H3/t12?,13-/m0/s1. The van der Waals surface area contributed by atoms with Gasteiger partial charge in [0.05, 0.1) is 10.6 Å². The Morgan fingerprint density at radius 1 is 1.05 bits per heavy atom. The van der Waals surface area contributed by atoms with Crippen molar-refractivity contribution in [2.75, 3.05) is 0 Å². The molecule has 0 spiro atoms. The van der Waals surface area contributed by atoms with Crippen molar-refractivity contribution in [3.63, 3.8) is 0 Å². The first kappa shape index (κ1) is 16.1. The van der Waals surface area contributed by atoms with Crippen LogP contribution in [0.2, 0.25) is 0 Å². The Morgan fingerprint density at radius 3 is 2.19 bits per heavy atom. The number of aliphatic hydroxyl groups excluding tert-OH is 1. The minimum absolute atomic E-state index is 0.481. The number of halogens is 1. The Labute approximate surface area is 134 Å². The van der Waals surface area contributed by atoms with E-state index in [1.54, 1.807) is 6.92 Å². The van der Waals surface area contributed by atoms with Gasteiger partial charge in [-0.15, -0.1) is 0 Å². The highest BCUT2D eigenvalue weighted by atomic mass is 79.9. The molecule has 2 aromatic rings. The van der Waals surface area contributed by atoms with Crippen molar-refractivity contribution >= 4 is 15.9 Å². The molecule has 0 amide bonds. The maximum atomic E-state index is 9.57. The molecule has 0 saturated heterocycles. The molecule has 3 heteroatoms. The Bertz CT molecular complexity index is 591. The molecule has 1 unspecified atom stereocenters. The third-order valence-corrected chi connectivity index (χ3v) is 4.35. The maximum absolute atomic E-state index is 9.57. The monoisotopic (exact) mass is 348 g/mol. The first-order chi connectivity index (χ1) is 10.0. The Morgan fingerprint density at radius 2 is 1.67 bits per heavy atom. The van der Waals surface area contributed by atoms with Crippen LogP contribution in [0.25, 0.3) is 0 Å². The van der Waals surface area contributed by atoms with E-state index < -0.39 is 6.10 Å². The van der Waals surface area contributed by atoms with E-state index in [0.29, 0.717) is 5.92 Å². The third kappa shape index (κ3) is 4.08. The quantitative estimate of drug-likeness (QED) is 0.738. The number of hydrogen-bond acceptors (Lipinski definition) is 2. The van der Waals surface area contributed by atoms with Crippen LogP contribution >= 0.6 is 15.9 Å². The molecule has 2 atom stereocenters. The van der Waals surface area contributed by atoms with Gasteiger partial charge in [-0.05, 0) is 70.6 Å². The lowest BCUT2D eigenvalue weighted by atomic mass is 9.99. The summed E-state index contributed by atoms with van der Waals surface area (Å²) in [6.07, 6.45) is 0.650. The number of rotatable bonds is 5.